The van der Waals surface area contributed by atoms with Crippen molar-refractivity contribution in [3.8, 4) is 23.0 Å². The van der Waals surface area contributed by atoms with Crippen molar-refractivity contribution in [2.45, 2.75) is 38.3 Å². The smallest absolute Gasteiger partial charge is 0.420 e. The molecule has 0 radical (unpaired) electrons. The maximum atomic E-state index is 13.8. The summed E-state index contributed by atoms with van der Waals surface area (Å²) in [5.41, 5.74) is 0.0983. The summed E-state index contributed by atoms with van der Waals surface area (Å²) in [5.74, 6) is 6.50. The van der Waals surface area contributed by atoms with E-state index in [0.29, 0.717) is 31.0 Å². The quantitative estimate of drug-likeness (QED) is 0.402. The molecule has 5 nitrogen and oxygen atoms in total. The molecular formula is C25H21ClF3N3O2. The standard InChI is InChI=1S/C25H21ClF3N3O2/c26-22-21(24(33)31-10-7-17(8-11-31)6-5-16-3-1-2-4-16)30-23-20(25(27,28)29)13-19(14-32(22)23)18-9-12-34-15-18/h7,9,12-16H,1-4,8,10-11H2. The summed E-state index contributed by atoms with van der Waals surface area (Å²) in [7, 11) is 0. The minimum absolute atomic E-state index is 0.161. The van der Waals surface area contributed by atoms with Gasteiger partial charge in [-0.25, -0.2) is 4.98 Å². The number of aromatic nitrogens is 2. The zero-order valence-corrected chi connectivity index (χ0v) is 18.9. The topological polar surface area (TPSA) is 50.8 Å². The van der Waals surface area contributed by atoms with Crippen LogP contribution in [-0.4, -0.2) is 33.3 Å². The molecule has 0 bridgehead atoms. The highest BCUT2D eigenvalue weighted by atomic mass is 35.5. The van der Waals surface area contributed by atoms with Gasteiger partial charge < -0.3 is 9.32 Å². The highest BCUT2D eigenvalue weighted by molar-refractivity contribution is 6.33. The Morgan fingerprint density at radius 3 is 2.68 bits per heavy atom. The van der Waals surface area contributed by atoms with Gasteiger partial charge in [0, 0.05) is 41.9 Å². The van der Waals surface area contributed by atoms with Crippen molar-refractivity contribution in [2.75, 3.05) is 13.1 Å². The second kappa shape index (κ2) is 8.88. The van der Waals surface area contributed by atoms with Crippen molar-refractivity contribution < 1.29 is 22.4 Å². The number of furan rings is 1. The second-order valence-corrected chi connectivity index (χ2v) is 8.94. The average molecular weight is 488 g/mol. The number of hydrogen-bond donors (Lipinski definition) is 0. The fourth-order valence-corrected chi connectivity index (χ4v) is 4.68. The average Bonchev–Trinajstić information content (AvgIpc) is 3.58. The largest absolute Gasteiger partial charge is 0.472 e. The molecule has 0 unspecified atom stereocenters. The van der Waals surface area contributed by atoms with Gasteiger partial charge in [-0.1, -0.05) is 42.4 Å². The normalized spacial score (nSPS) is 17.1. The molecule has 1 amide bonds. The van der Waals surface area contributed by atoms with Crippen LogP contribution in [0.15, 0.2) is 46.9 Å². The number of fused-ring (bicyclic) bond motifs is 1. The Hall–Kier alpha value is -3.18. The van der Waals surface area contributed by atoms with E-state index in [0.717, 1.165) is 28.9 Å². The summed E-state index contributed by atoms with van der Waals surface area (Å²) < 4.78 is 47.6. The number of pyridine rings is 1. The molecule has 1 aliphatic heterocycles. The predicted molar refractivity (Wildman–Crippen MR) is 121 cm³/mol. The van der Waals surface area contributed by atoms with Gasteiger partial charge in [0.05, 0.1) is 18.1 Å². The van der Waals surface area contributed by atoms with Crippen LogP contribution in [0, 0.1) is 17.8 Å². The Kier molecular flexibility index (Phi) is 5.90. The van der Waals surface area contributed by atoms with Gasteiger partial charge in [0.25, 0.3) is 5.91 Å². The molecule has 3 aromatic heterocycles. The van der Waals surface area contributed by atoms with Crippen LogP contribution in [0.5, 0.6) is 0 Å². The summed E-state index contributed by atoms with van der Waals surface area (Å²) in [6, 6.07) is 2.53. The third-order valence-corrected chi connectivity index (χ3v) is 6.67. The van der Waals surface area contributed by atoms with Crippen molar-refractivity contribution >= 4 is 23.2 Å². The maximum absolute atomic E-state index is 13.8. The molecule has 3 aromatic rings. The van der Waals surface area contributed by atoms with Crippen LogP contribution in [0.4, 0.5) is 13.2 Å². The first-order chi connectivity index (χ1) is 16.3. The lowest BCUT2D eigenvalue weighted by Gasteiger charge is -2.24. The highest BCUT2D eigenvalue weighted by Crippen LogP contribution is 2.37. The molecule has 1 saturated carbocycles. The second-order valence-electron chi connectivity index (χ2n) is 8.58. The molecular weight excluding hydrogens is 467 g/mol. The van der Waals surface area contributed by atoms with Crippen LogP contribution in [-0.2, 0) is 6.18 Å². The lowest BCUT2D eigenvalue weighted by atomic mass is 10.1. The number of hydrogen-bond acceptors (Lipinski definition) is 3. The Labute approximate surface area is 199 Å². The number of halogens is 4. The minimum atomic E-state index is -4.68. The van der Waals surface area contributed by atoms with Gasteiger partial charge in [0.15, 0.2) is 11.3 Å². The van der Waals surface area contributed by atoms with E-state index in [4.69, 9.17) is 16.0 Å². The SMILES string of the molecule is O=C(c1nc2c(C(F)(F)F)cc(-c3ccoc3)cn2c1Cl)N1CC=C(C#CC2CCCC2)CC1. The van der Waals surface area contributed by atoms with Gasteiger partial charge in [-0.2, -0.15) is 13.2 Å². The van der Waals surface area contributed by atoms with E-state index in [1.165, 1.54) is 36.5 Å². The van der Waals surface area contributed by atoms with Crippen LogP contribution in [0.2, 0.25) is 5.15 Å². The lowest BCUT2D eigenvalue weighted by Crippen LogP contribution is -2.35. The lowest BCUT2D eigenvalue weighted by molar-refractivity contribution is -0.136. The van der Waals surface area contributed by atoms with E-state index in [1.54, 1.807) is 6.07 Å². The molecule has 0 aromatic carbocycles. The van der Waals surface area contributed by atoms with Crippen LogP contribution in [0.25, 0.3) is 16.8 Å². The molecule has 0 spiro atoms. The van der Waals surface area contributed by atoms with Crippen LogP contribution in [0.3, 0.4) is 0 Å². The maximum Gasteiger partial charge on any atom is 0.420 e. The van der Waals surface area contributed by atoms with Gasteiger partial charge in [0.2, 0.25) is 0 Å². The van der Waals surface area contributed by atoms with Gasteiger partial charge in [-0.15, -0.1) is 0 Å². The van der Waals surface area contributed by atoms with E-state index in [1.807, 2.05) is 6.08 Å². The first-order valence-corrected chi connectivity index (χ1v) is 11.5. The Balaban J connectivity index is 1.45. The molecule has 176 valence electrons. The Morgan fingerprint density at radius 2 is 2.03 bits per heavy atom. The molecule has 0 saturated heterocycles. The van der Waals surface area contributed by atoms with E-state index in [2.05, 4.69) is 16.8 Å². The molecule has 1 aliphatic carbocycles. The monoisotopic (exact) mass is 487 g/mol. The van der Waals surface area contributed by atoms with Crippen molar-refractivity contribution in [1.29, 1.82) is 0 Å². The van der Waals surface area contributed by atoms with Gasteiger partial charge >= 0.3 is 6.18 Å². The summed E-state index contributed by atoms with van der Waals surface area (Å²) >= 11 is 6.40. The van der Waals surface area contributed by atoms with E-state index in [9.17, 15) is 18.0 Å². The molecule has 9 heteroatoms. The van der Waals surface area contributed by atoms with Crippen molar-refractivity contribution in [3.05, 3.63) is 58.9 Å². The number of imidazole rings is 1. The van der Waals surface area contributed by atoms with Crippen LogP contribution >= 0.6 is 11.6 Å². The summed E-state index contributed by atoms with van der Waals surface area (Å²) in [4.78, 5) is 18.7. The zero-order valence-electron chi connectivity index (χ0n) is 18.2. The van der Waals surface area contributed by atoms with E-state index >= 15 is 0 Å². The van der Waals surface area contributed by atoms with E-state index < -0.39 is 23.3 Å². The summed E-state index contributed by atoms with van der Waals surface area (Å²) in [5, 5.41) is -0.161. The number of amides is 1. The van der Waals surface area contributed by atoms with Gasteiger partial charge in [-0.3, -0.25) is 9.20 Å². The molecule has 1 fully saturated rings. The molecule has 0 atom stereocenters. The molecule has 0 N–H and O–H groups in total. The molecule has 4 heterocycles. The number of carbonyl (C=O) groups is 1. The number of nitrogens with zero attached hydrogens (tertiary/aromatic N) is 3. The molecule has 34 heavy (non-hydrogen) atoms. The fraction of sp³-hybridized carbons (Fsp3) is 0.360. The number of alkyl halides is 3. The Bertz CT molecular complexity index is 1320. The zero-order chi connectivity index (χ0) is 23.9. The summed E-state index contributed by atoms with van der Waals surface area (Å²) in [6.07, 6.45) is 6.66. The molecule has 2 aliphatic rings. The van der Waals surface area contributed by atoms with Crippen LogP contribution < -0.4 is 0 Å². The van der Waals surface area contributed by atoms with Gasteiger partial charge in [0.1, 0.15) is 5.15 Å². The van der Waals surface area contributed by atoms with Crippen LogP contribution in [0.1, 0.15) is 48.2 Å². The predicted octanol–water partition coefficient (Wildman–Crippen LogP) is 6.23. The first-order valence-electron chi connectivity index (χ1n) is 11.1. The third-order valence-electron chi connectivity index (χ3n) is 6.31. The van der Waals surface area contributed by atoms with Crippen molar-refractivity contribution in [3.63, 3.8) is 0 Å². The third kappa shape index (κ3) is 4.32. The fourth-order valence-electron chi connectivity index (χ4n) is 4.43. The van der Waals surface area contributed by atoms with Crippen molar-refractivity contribution in [1.82, 2.24) is 14.3 Å². The molecule has 5 rings (SSSR count). The summed E-state index contributed by atoms with van der Waals surface area (Å²) in [6.45, 7) is 0.713. The number of carbonyl (C=O) groups excluding carboxylic acids is 1. The van der Waals surface area contributed by atoms with Crippen molar-refractivity contribution in [2.24, 2.45) is 5.92 Å². The highest BCUT2D eigenvalue weighted by Gasteiger charge is 2.36. The van der Waals surface area contributed by atoms with E-state index in [-0.39, 0.29) is 16.4 Å². The minimum Gasteiger partial charge on any atom is -0.472 e. The first kappa shape index (κ1) is 22.6. The number of rotatable bonds is 2. The van der Waals surface area contributed by atoms with Gasteiger partial charge in [-0.05, 0) is 31.4 Å². The Morgan fingerprint density at radius 1 is 1.24 bits per heavy atom.